The zero-order chi connectivity index (χ0) is 12.9. The Morgan fingerprint density at radius 2 is 2.29 bits per heavy atom. The van der Waals surface area contributed by atoms with Crippen molar-refractivity contribution in [2.75, 3.05) is 7.11 Å². The molecule has 0 aromatic carbocycles. The summed E-state index contributed by atoms with van der Waals surface area (Å²) in [5.74, 6) is 5.66. The Morgan fingerprint density at radius 1 is 1.59 bits per heavy atom. The van der Waals surface area contributed by atoms with Crippen LogP contribution in [0.2, 0.25) is 0 Å². The molecule has 0 spiro atoms. The largest absolute Gasteiger partial charge is 0.376 e. The smallest absolute Gasteiger partial charge is 0.0856 e. The van der Waals surface area contributed by atoms with Gasteiger partial charge in [0.05, 0.1) is 17.8 Å². The molecule has 2 unspecified atom stereocenters. The topological polar surface area (TPSA) is 65.1 Å². The number of hydrogen-bond donors (Lipinski definition) is 2. The molecule has 0 saturated carbocycles. The van der Waals surface area contributed by atoms with Crippen molar-refractivity contribution in [2.24, 2.45) is 5.84 Å². The molecular formula is C12H24N4O. The van der Waals surface area contributed by atoms with Crippen LogP contribution in [0.4, 0.5) is 0 Å². The predicted molar refractivity (Wildman–Crippen MR) is 68.3 cm³/mol. The molecule has 5 nitrogen and oxygen atoms in total. The standard InChI is InChI=1S/C12H24N4O/c1-5-7-16-9-10(8-14-16)11(15-13)12(3,6-2)17-4/h8-9,11,15H,5-7,13H2,1-4H3. The summed E-state index contributed by atoms with van der Waals surface area (Å²) >= 11 is 0. The van der Waals surface area contributed by atoms with E-state index in [1.807, 2.05) is 17.1 Å². The molecule has 0 aliphatic carbocycles. The van der Waals surface area contributed by atoms with Crippen molar-refractivity contribution in [2.45, 2.75) is 51.8 Å². The molecule has 1 aromatic heterocycles. The van der Waals surface area contributed by atoms with Gasteiger partial charge in [0.2, 0.25) is 0 Å². The highest BCUT2D eigenvalue weighted by Crippen LogP contribution is 2.30. The summed E-state index contributed by atoms with van der Waals surface area (Å²) in [6.45, 7) is 7.19. The summed E-state index contributed by atoms with van der Waals surface area (Å²) < 4.78 is 7.52. The first-order valence-electron chi connectivity index (χ1n) is 6.14. The molecular weight excluding hydrogens is 216 g/mol. The lowest BCUT2D eigenvalue weighted by Gasteiger charge is -2.34. The van der Waals surface area contributed by atoms with Crippen LogP contribution in [-0.2, 0) is 11.3 Å². The van der Waals surface area contributed by atoms with Crippen LogP contribution in [-0.4, -0.2) is 22.5 Å². The normalized spacial score (nSPS) is 16.8. The summed E-state index contributed by atoms with van der Waals surface area (Å²) in [7, 11) is 1.71. The molecule has 0 saturated heterocycles. The average molecular weight is 240 g/mol. The quantitative estimate of drug-likeness (QED) is 0.561. The zero-order valence-corrected chi connectivity index (χ0v) is 11.2. The lowest BCUT2D eigenvalue weighted by Crippen LogP contribution is -2.45. The monoisotopic (exact) mass is 240 g/mol. The van der Waals surface area contributed by atoms with Crippen molar-refractivity contribution in [1.29, 1.82) is 0 Å². The molecule has 17 heavy (non-hydrogen) atoms. The van der Waals surface area contributed by atoms with Gasteiger partial charge in [0.25, 0.3) is 0 Å². The van der Waals surface area contributed by atoms with E-state index < -0.39 is 0 Å². The van der Waals surface area contributed by atoms with Gasteiger partial charge in [-0.05, 0) is 19.8 Å². The van der Waals surface area contributed by atoms with E-state index in [2.05, 4.69) is 31.3 Å². The Bertz CT molecular complexity index is 333. The van der Waals surface area contributed by atoms with E-state index in [1.54, 1.807) is 7.11 Å². The van der Waals surface area contributed by atoms with Gasteiger partial charge in [-0.2, -0.15) is 5.10 Å². The van der Waals surface area contributed by atoms with Crippen LogP contribution < -0.4 is 11.3 Å². The number of nitrogens with two attached hydrogens (primary N) is 1. The van der Waals surface area contributed by atoms with Gasteiger partial charge in [-0.3, -0.25) is 10.5 Å². The fourth-order valence-electron chi connectivity index (χ4n) is 1.97. The van der Waals surface area contributed by atoms with Crippen LogP contribution >= 0.6 is 0 Å². The molecule has 0 aliphatic rings. The van der Waals surface area contributed by atoms with Gasteiger partial charge < -0.3 is 4.74 Å². The second kappa shape index (κ2) is 6.14. The highest BCUT2D eigenvalue weighted by Gasteiger charge is 2.33. The van der Waals surface area contributed by atoms with Crippen molar-refractivity contribution in [3.63, 3.8) is 0 Å². The minimum Gasteiger partial charge on any atom is -0.376 e. The van der Waals surface area contributed by atoms with Gasteiger partial charge in [-0.1, -0.05) is 13.8 Å². The number of hydrogen-bond acceptors (Lipinski definition) is 4. The third-order valence-corrected chi connectivity index (χ3v) is 3.38. The minimum absolute atomic E-state index is 0.0527. The maximum atomic E-state index is 5.66. The summed E-state index contributed by atoms with van der Waals surface area (Å²) in [5.41, 5.74) is 3.58. The molecule has 0 radical (unpaired) electrons. The lowest BCUT2D eigenvalue weighted by molar-refractivity contribution is -0.0300. The molecule has 1 heterocycles. The van der Waals surface area contributed by atoms with E-state index in [1.165, 1.54) is 0 Å². The van der Waals surface area contributed by atoms with Gasteiger partial charge in [0, 0.05) is 25.4 Å². The van der Waals surface area contributed by atoms with Crippen LogP contribution in [0.1, 0.15) is 45.2 Å². The molecule has 5 heteroatoms. The van der Waals surface area contributed by atoms with Crippen LogP contribution in [0.5, 0.6) is 0 Å². The third-order valence-electron chi connectivity index (χ3n) is 3.38. The number of aryl methyl sites for hydroxylation is 1. The first-order valence-corrected chi connectivity index (χ1v) is 6.14. The highest BCUT2D eigenvalue weighted by atomic mass is 16.5. The Labute approximate surface area is 103 Å². The van der Waals surface area contributed by atoms with E-state index in [0.29, 0.717) is 0 Å². The molecule has 0 aliphatic heterocycles. The van der Waals surface area contributed by atoms with Crippen molar-refractivity contribution >= 4 is 0 Å². The number of aromatic nitrogens is 2. The maximum Gasteiger partial charge on any atom is 0.0856 e. The molecule has 0 fully saturated rings. The minimum atomic E-state index is -0.325. The van der Waals surface area contributed by atoms with Gasteiger partial charge in [-0.15, -0.1) is 0 Å². The summed E-state index contributed by atoms with van der Waals surface area (Å²) in [5, 5.41) is 4.32. The van der Waals surface area contributed by atoms with Gasteiger partial charge in [0.1, 0.15) is 0 Å². The van der Waals surface area contributed by atoms with Crippen molar-refractivity contribution in [3.8, 4) is 0 Å². The molecule has 98 valence electrons. The second-order valence-electron chi connectivity index (χ2n) is 4.51. The van der Waals surface area contributed by atoms with E-state index in [9.17, 15) is 0 Å². The molecule has 1 rings (SSSR count). The summed E-state index contributed by atoms with van der Waals surface area (Å²) in [4.78, 5) is 0. The lowest BCUT2D eigenvalue weighted by atomic mass is 9.90. The zero-order valence-electron chi connectivity index (χ0n) is 11.2. The van der Waals surface area contributed by atoms with E-state index in [4.69, 9.17) is 10.6 Å². The van der Waals surface area contributed by atoms with Crippen LogP contribution in [0.25, 0.3) is 0 Å². The van der Waals surface area contributed by atoms with E-state index in [-0.39, 0.29) is 11.6 Å². The van der Waals surface area contributed by atoms with Crippen LogP contribution in [0, 0.1) is 0 Å². The molecule has 2 atom stereocenters. The second-order valence-corrected chi connectivity index (χ2v) is 4.51. The number of hydrazine groups is 1. The number of nitrogens with one attached hydrogen (secondary N) is 1. The van der Waals surface area contributed by atoms with Gasteiger partial charge >= 0.3 is 0 Å². The highest BCUT2D eigenvalue weighted by molar-refractivity contribution is 5.15. The van der Waals surface area contributed by atoms with Crippen LogP contribution in [0.3, 0.4) is 0 Å². The van der Waals surface area contributed by atoms with E-state index >= 15 is 0 Å². The number of ether oxygens (including phenoxy) is 1. The van der Waals surface area contributed by atoms with E-state index in [0.717, 1.165) is 24.9 Å². The SMILES string of the molecule is CCCn1cc(C(NN)C(C)(CC)OC)cn1. The molecule has 3 N–H and O–H groups in total. The van der Waals surface area contributed by atoms with Crippen molar-refractivity contribution in [1.82, 2.24) is 15.2 Å². The predicted octanol–water partition coefficient (Wildman–Crippen LogP) is 1.61. The van der Waals surface area contributed by atoms with Gasteiger partial charge in [0.15, 0.2) is 0 Å². The summed E-state index contributed by atoms with van der Waals surface area (Å²) in [6.07, 6.45) is 5.82. The number of rotatable bonds is 7. The number of nitrogens with zero attached hydrogens (tertiary/aromatic N) is 2. The molecule has 0 bridgehead atoms. The fourth-order valence-corrected chi connectivity index (χ4v) is 1.97. The maximum absolute atomic E-state index is 5.66. The van der Waals surface area contributed by atoms with Crippen LogP contribution in [0.15, 0.2) is 12.4 Å². The van der Waals surface area contributed by atoms with Gasteiger partial charge in [-0.25, -0.2) is 5.43 Å². The first kappa shape index (κ1) is 14.2. The van der Waals surface area contributed by atoms with Crippen molar-refractivity contribution in [3.05, 3.63) is 18.0 Å². The Balaban J connectivity index is 2.92. The Hall–Kier alpha value is -0.910. The Kier molecular flexibility index (Phi) is 5.11. The third kappa shape index (κ3) is 3.06. The average Bonchev–Trinajstić information content (AvgIpc) is 2.78. The molecule has 0 amide bonds. The summed E-state index contributed by atoms with van der Waals surface area (Å²) in [6, 6.07) is -0.0527. The molecule has 1 aromatic rings. The fraction of sp³-hybridized carbons (Fsp3) is 0.750. The number of methoxy groups -OCH3 is 1. The first-order chi connectivity index (χ1) is 8.11. The Morgan fingerprint density at radius 3 is 2.76 bits per heavy atom. The van der Waals surface area contributed by atoms with Crippen molar-refractivity contribution < 1.29 is 4.74 Å².